The Hall–Kier alpha value is -0.770. The molecule has 0 aliphatic heterocycles. The Balaban J connectivity index is 1.83. The molecule has 0 fully saturated rings. The zero-order valence-corrected chi connectivity index (χ0v) is 17.7. The molecule has 0 saturated heterocycles. The van der Waals surface area contributed by atoms with Crippen molar-refractivity contribution >= 4 is 77.9 Å². The second kappa shape index (κ2) is 7.46. The normalized spacial score (nSPS) is 11.7. The van der Waals surface area contributed by atoms with Crippen LogP contribution in [-0.4, -0.2) is 18.2 Å². The van der Waals surface area contributed by atoms with Gasteiger partial charge in [-0.05, 0) is 45.8 Å². The van der Waals surface area contributed by atoms with E-state index in [-0.39, 0.29) is 15.0 Å². The molecule has 132 valence electrons. The Kier molecular flexibility index (Phi) is 5.67. The first kappa shape index (κ1) is 19.0. The summed E-state index contributed by atoms with van der Waals surface area (Å²) in [5.41, 5.74) is 0.779. The number of nitrogens with zero attached hydrogens (tertiary/aromatic N) is 2. The van der Waals surface area contributed by atoms with E-state index in [4.69, 9.17) is 34.8 Å². The average molecular weight is 502 g/mol. The molecule has 0 saturated carbocycles. The lowest BCUT2D eigenvalue weighted by molar-refractivity contribution is 0.602. The van der Waals surface area contributed by atoms with Crippen molar-refractivity contribution in [2.75, 3.05) is 4.72 Å². The summed E-state index contributed by atoms with van der Waals surface area (Å²) >= 11 is 22.4. The van der Waals surface area contributed by atoms with E-state index in [1.807, 2.05) is 0 Å². The van der Waals surface area contributed by atoms with Gasteiger partial charge in [0.25, 0.3) is 10.0 Å². The molecule has 25 heavy (non-hydrogen) atoms. The number of thiophene rings is 1. The summed E-state index contributed by atoms with van der Waals surface area (Å²) in [5, 5.41) is 5.39. The van der Waals surface area contributed by atoms with Crippen molar-refractivity contribution in [1.29, 1.82) is 0 Å². The summed E-state index contributed by atoms with van der Waals surface area (Å²) in [6, 6.07) is 8.26. The lowest BCUT2D eigenvalue weighted by atomic mass is 10.2. The molecule has 11 heteroatoms. The number of nitrogens with one attached hydrogen (secondary N) is 1. The van der Waals surface area contributed by atoms with Crippen LogP contribution >= 0.6 is 62.1 Å². The number of benzene rings is 1. The van der Waals surface area contributed by atoms with E-state index in [0.29, 0.717) is 20.4 Å². The van der Waals surface area contributed by atoms with Crippen LogP contribution < -0.4 is 4.72 Å². The molecule has 0 atom stereocenters. The smallest absolute Gasteiger partial charge is 0.265 e. The Morgan fingerprint density at radius 1 is 1.16 bits per heavy atom. The third-order valence-electron chi connectivity index (χ3n) is 3.11. The first-order chi connectivity index (χ1) is 11.7. The fourth-order valence-corrected chi connectivity index (χ4v) is 5.74. The van der Waals surface area contributed by atoms with Gasteiger partial charge in [-0.25, -0.2) is 8.42 Å². The molecule has 1 N–H and O–H groups in total. The maximum absolute atomic E-state index is 12.4. The highest BCUT2D eigenvalue weighted by molar-refractivity contribution is 9.11. The fourth-order valence-electron chi connectivity index (χ4n) is 1.99. The van der Waals surface area contributed by atoms with Crippen molar-refractivity contribution in [3.05, 3.63) is 60.9 Å². The third kappa shape index (κ3) is 4.50. The standard InChI is InChI=1S/C14H9BrCl3N3O2S2/c15-12-3-4-13(24-12)25(22,23)20-14-11(18)7-21(19-14)6-8-1-2-9(16)5-10(8)17/h1-5,7H,6H2,(H,19,20). The minimum absolute atomic E-state index is 0.0521. The van der Waals surface area contributed by atoms with Gasteiger partial charge in [0, 0.05) is 16.2 Å². The Morgan fingerprint density at radius 2 is 1.92 bits per heavy atom. The molecular formula is C14H9BrCl3N3O2S2. The van der Waals surface area contributed by atoms with Crippen LogP contribution in [0.3, 0.4) is 0 Å². The molecule has 3 rings (SSSR count). The van der Waals surface area contributed by atoms with E-state index >= 15 is 0 Å². The SMILES string of the molecule is O=S(=O)(Nc1nn(Cc2ccc(Cl)cc2Cl)cc1Cl)c1ccc(Br)s1. The number of hydrogen-bond acceptors (Lipinski definition) is 4. The van der Waals surface area contributed by atoms with Crippen LogP contribution in [0.1, 0.15) is 5.56 Å². The van der Waals surface area contributed by atoms with Gasteiger partial charge in [0.15, 0.2) is 5.82 Å². The van der Waals surface area contributed by atoms with Gasteiger partial charge >= 0.3 is 0 Å². The highest BCUT2D eigenvalue weighted by atomic mass is 79.9. The molecule has 0 bridgehead atoms. The van der Waals surface area contributed by atoms with Gasteiger partial charge in [0.05, 0.1) is 10.3 Å². The molecule has 0 aliphatic rings. The fraction of sp³-hybridized carbons (Fsp3) is 0.0714. The van der Waals surface area contributed by atoms with Crippen molar-refractivity contribution in [3.63, 3.8) is 0 Å². The van der Waals surface area contributed by atoms with Crippen LogP contribution in [0.25, 0.3) is 0 Å². The predicted molar refractivity (Wildman–Crippen MR) is 106 cm³/mol. The van der Waals surface area contributed by atoms with Gasteiger partial charge in [-0.15, -0.1) is 11.3 Å². The minimum Gasteiger partial charge on any atom is -0.265 e. The number of aromatic nitrogens is 2. The summed E-state index contributed by atoms with van der Waals surface area (Å²) in [6.07, 6.45) is 1.52. The van der Waals surface area contributed by atoms with Crippen LogP contribution in [0, 0.1) is 0 Å². The lowest BCUT2D eigenvalue weighted by Gasteiger charge is -2.05. The van der Waals surface area contributed by atoms with Crippen molar-refractivity contribution in [2.45, 2.75) is 10.8 Å². The molecule has 2 heterocycles. The maximum atomic E-state index is 12.4. The predicted octanol–water partition coefficient (Wildman–Crippen LogP) is 5.52. The van der Waals surface area contributed by atoms with Gasteiger partial charge in [-0.2, -0.15) is 5.10 Å². The van der Waals surface area contributed by atoms with Gasteiger partial charge in [-0.3, -0.25) is 9.40 Å². The number of halogens is 4. The first-order valence-electron chi connectivity index (χ1n) is 6.69. The van der Waals surface area contributed by atoms with E-state index in [0.717, 1.165) is 16.9 Å². The van der Waals surface area contributed by atoms with Gasteiger partial charge < -0.3 is 0 Å². The van der Waals surface area contributed by atoms with Crippen LogP contribution in [0.15, 0.2) is 44.5 Å². The number of anilines is 1. The number of sulfonamides is 1. The van der Waals surface area contributed by atoms with Crippen LogP contribution in [0.2, 0.25) is 15.1 Å². The van der Waals surface area contributed by atoms with Gasteiger partial charge in [0.2, 0.25) is 0 Å². The molecular weight excluding hydrogens is 493 g/mol. The summed E-state index contributed by atoms with van der Waals surface area (Å²) in [7, 11) is -3.75. The topological polar surface area (TPSA) is 64.0 Å². The highest BCUT2D eigenvalue weighted by Gasteiger charge is 2.20. The van der Waals surface area contributed by atoms with Crippen molar-refractivity contribution in [1.82, 2.24) is 9.78 Å². The second-order valence-corrected chi connectivity index (χ2v) is 10.5. The quantitative estimate of drug-likeness (QED) is 0.501. The number of hydrogen-bond donors (Lipinski definition) is 1. The van der Waals surface area contributed by atoms with E-state index in [2.05, 4.69) is 25.8 Å². The molecule has 2 aromatic heterocycles. The summed E-state index contributed by atoms with van der Waals surface area (Å²) in [6.45, 7) is 0.321. The molecule has 0 spiro atoms. The van der Waals surface area contributed by atoms with E-state index < -0.39 is 10.0 Å². The zero-order chi connectivity index (χ0) is 18.2. The van der Waals surface area contributed by atoms with E-state index in [1.54, 1.807) is 24.3 Å². The molecule has 3 aromatic rings. The van der Waals surface area contributed by atoms with Crippen LogP contribution in [0.4, 0.5) is 5.82 Å². The minimum atomic E-state index is -3.75. The zero-order valence-electron chi connectivity index (χ0n) is 12.2. The summed E-state index contributed by atoms with van der Waals surface area (Å²) < 4.78 is 29.5. The Bertz CT molecular complexity index is 1030. The van der Waals surface area contributed by atoms with E-state index in [1.165, 1.54) is 16.9 Å². The van der Waals surface area contributed by atoms with Crippen molar-refractivity contribution in [3.8, 4) is 0 Å². The third-order valence-corrected chi connectivity index (χ3v) is 7.43. The van der Waals surface area contributed by atoms with Gasteiger partial charge in [0.1, 0.15) is 9.23 Å². The average Bonchev–Trinajstić information content (AvgIpc) is 3.09. The van der Waals surface area contributed by atoms with E-state index in [9.17, 15) is 8.42 Å². The maximum Gasteiger partial charge on any atom is 0.272 e. The Morgan fingerprint density at radius 3 is 2.56 bits per heavy atom. The summed E-state index contributed by atoms with van der Waals surface area (Å²) in [5.74, 6) is 0.0521. The second-order valence-electron chi connectivity index (χ2n) is 4.92. The monoisotopic (exact) mass is 499 g/mol. The molecule has 1 aromatic carbocycles. The first-order valence-corrected chi connectivity index (χ1v) is 10.9. The number of rotatable bonds is 5. The van der Waals surface area contributed by atoms with Crippen LogP contribution in [-0.2, 0) is 16.6 Å². The summed E-state index contributed by atoms with van der Waals surface area (Å²) in [4.78, 5) is 0. The molecule has 5 nitrogen and oxygen atoms in total. The molecule has 0 unspecified atom stereocenters. The molecule has 0 amide bonds. The molecule has 0 aliphatic carbocycles. The van der Waals surface area contributed by atoms with Crippen molar-refractivity contribution < 1.29 is 8.42 Å². The Labute approximate surface area is 171 Å². The van der Waals surface area contributed by atoms with Gasteiger partial charge in [-0.1, -0.05) is 40.9 Å². The largest absolute Gasteiger partial charge is 0.272 e. The van der Waals surface area contributed by atoms with Crippen LogP contribution in [0.5, 0.6) is 0 Å². The lowest BCUT2D eigenvalue weighted by Crippen LogP contribution is -2.12. The highest BCUT2D eigenvalue weighted by Crippen LogP contribution is 2.29. The molecule has 0 radical (unpaired) electrons. The van der Waals surface area contributed by atoms with Crippen molar-refractivity contribution in [2.24, 2.45) is 0 Å².